The average Bonchev–Trinajstić information content (AvgIpc) is 3.16. The van der Waals surface area contributed by atoms with Gasteiger partial charge in [0.05, 0.1) is 17.9 Å². The van der Waals surface area contributed by atoms with E-state index in [9.17, 15) is 18.0 Å². The monoisotopic (exact) mass is 418 g/mol. The topological polar surface area (TPSA) is 64.1 Å². The predicted octanol–water partition coefficient (Wildman–Crippen LogP) is 1.35. The summed E-state index contributed by atoms with van der Waals surface area (Å²) < 4.78 is 43.5. The summed E-state index contributed by atoms with van der Waals surface area (Å²) in [5.74, 6) is 1.08. The number of alkyl halides is 3. The lowest BCUT2D eigenvalue weighted by Crippen LogP contribution is -3.16. The molecule has 2 aromatic rings. The quantitative estimate of drug-likeness (QED) is 0.770. The molecule has 10 heteroatoms. The molecule has 1 atom stereocenters. The van der Waals surface area contributed by atoms with Gasteiger partial charge < -0.3 is 14.6 Å². The number of hydrogen-bond donors (Lipinski definition) is 2. The minimum Gasteiger partial charge on any atom is -0.467 e. The first-order valence-corrected chi connectivity index (χ1v) is 9.31. The molecule has 3 rings (SSSR count). The second-order valence-electron chi connectivity index (χ2n) is 6.80. The maximum absolute atomic E-state index is 12.8. The van der Waals surface area contributed by atoms with Crippen LogP contribution >= 0.6 is 11.6 Å². The lowest BCUT2D eigenvalue weighted by atomic mass is 10.2. The summed E-state index contributed by atoms with van der Waals surface area (Å²) in [6.45, 7) is 4.69. The number of anilines is 1. The zero-order chi connectivity index (χ0) is 20.3. The van der Waals surface area contributed by atoms with Gasteiger partial charge in [-0.15, -0.1) is 0 Å². The Morgan fingerprint density at radius 1 is 1.43 bits per heavy atom. The highest BCUT2D eigenvalue weighted by atomic mass is 35.5. The zero-order valence-corrected chi connectivity index (χ0v) is 16.0. The van der Waals surface area contributed by atoms with Gasteiger partial charge in [0.1, 0.15) is 43.2 Å². The number of carbonyl (C=O) groups is 1. The molecule has 0 radical (unpaired) electrons. The Morgan fingerprint density at radius 2 is 2.14 bits per heavy atom. The van der Waals surface area contributed by atoms with E-state index in [0.29, 0.717) is 44.3 Å². The van der Waals surface area contributed by atoms with Crippen LogP contribution in [0, 0.1) is 0 Å². The number of furan rings is 1. The predicted molar refractivity (Wildman–Crippen MR) is 96.1 cm³/mol. The third-order valence-corrected chi connectivity index (χ3v) is 5.03. The Kier molecular flexibility index (Phi) is 6.14. The highest BCUT2D eigenvalue weighted by Crippen LogP contribution is 2.31. The molecule has 0 saturated carbocycles. The summed E-state index contributed by atoms with van der Waals surface area (Å²) in [6, 6.07) is 4.30. The summed E-state index contributed by atoms with van der Waals surface area (Å²) in [4.78, 5) is 17.9. The number of halogens is 4. The van der Waals surface area contributed by atoms with E-state index in [1.165, 1.54) is 0 Å². The minimum absolute atomic E-state index is 0.0308. The van der Waals surface area contributed by atoms with E-state index in [4.69, 9.17) is 16.0 Å². The molecule has 0 spiro atoms. The van der Waals surface area contributed by atoms with Gasteiger partial charge in [-0.1, -0.05) is 11.6 Å². The van der Waals surface area contributed by atoms with Gasteiger partial charge in [-0.25, -0.2) is 9.88 Å². The van der Waals surface area contributed by atoms with Crippen LogP contribution in [0.25, 0.3) is 0 Å². The first-order chi connectivity index (χ1) is 13.2. The van der Waals surface area contributed by atoms with Crippen LogP contribution in [0.2, 0.25) is 5.02 Å². The van der Waals surface area contributed by atoms with Gasteiger partial charge in [-0.2, -0.15) is 13.2 Å². The third-order valence-electron chi connectivity index (χ3n) is 4.74. The van der Waals surface area contributed by atoms with Gasteiger partial charge in [0, 0.05) is 0 Å². The fraction of sp³-hybridized carbons (Fsp3) is 0.444. The summed E-state index contributed by atoms with van der Waals surface area (Å²) in [6.07, 6.45) is -1.96. The van der Waals surface area contributed by atoms with E-state index < -0.39 is 11.7 Å². The molecule has 1 amide bonds. The molecule has 0 aliphatic carbocycles. The number of quaternary nitrogens is 1. The number of amides is 1. The van der Waals surface area contributed by atoms with Crippen molar-refractivity contribution in [2.24, 2.45) is 0 Å². The summed E-state index contributed by atoms with van der Waals surface area (Å²) in [5.41, 5.74) is -0.812. The second-order valence-corrected chi connectivity index (χ2v) is 7.21. The van der Waals surface area contributed by atoms with Crippen molar-refractivity contribution in [3.05, 3.63) is 47.0 Å². The van der Waals surface area contributed by atoms with Gasteiger partial charge in [-0.3, -0.25) is 4.79 Å². The van der Waals surface area contributed by atoms with Crippen molar-refractivity contribution in [1.82, 2.24) is 5.32 Å². The number of pyridine rings is 1. The van der Waals surface area contributed by atoms with Gasteiger partial charge in [-0.05, 0) is 25.1 Å². The molecule has 1 aliphatic heterocycles. The van der Waals surface area contributed by atoms with Crippen molar-refractivity contribution in [2.75, 3.05) is 37.6 Å². The number of hydrogen-bond acceptors (Lipinski definition) is 3. The van der Waals surface area contributed by atoms with Crippen LogP contribution in [0.3, 0.4) is 0 Å². The molecule has 1 saturated heterocycles. The van der Waals surface area contributed by atoms with Crippen LogP contribution in [0.4, 0.5) is 19.0 Å². The highest BCUT2D eigenvalue weighted by molar-refractivity contribution is 6.32. The molecule has 0 aromatic carbocycles. The van der Waals surface area contributed by atoms with Crippen molar-refractivity contribution in [1.29, 1.82) is 0 Å². The Balaban J connectivity index is 1.51. The second kappa shape index (κ2) is 8.40. The molecule has 3 heterocycles. The van der Waals surface area contributed by atoms with Gasteiger partial charge in [0.25, 0.3) is 11.7 Å². The van der Waals surface area contributed by atoms with Crippen LogP contribution < -0.4 is 20.1 Å². The minimum atomic E-state index is -4.44. The van der Waals surface area contributed by atoms with Crippen LogP contribution in [0.5, 0.6) is 0 Å². The molecule has 0 unspecified atom stereocenters. The molecular weight excluding hydrogens is 397 g/mol. The SMILES string of the molecule is C[C@@H](NC(=O)C[NH+]1CCN(c2[nH+]cc(C(F)(F)F)cc2Cl)CC1)c1ccco1. The van der Waals surface area contributed by atoms with Crippen LogP contribution in [-0.2, 0) is 11.0 Å². The number of aromatic nitrogens is 1. The third kappa shape index (κ3) is 4.96. The normalized spacial score (nSPS) is 16.8. The maximum atomic E-state index is 12.8. The Bertz CT molecular complexity index is 806. The molecule has 2 aromatic heterocycles. The number of carbonyl (C=O) groups excluding carboxylic acids is 1. The zero-order valence-electron chi connectivity index (χ0n) is 15.3. The number of rotatable bonds is 5. The van der Waals surface area contributed by atoms with E-state index in [1.807, 2.05) is 11.8 Å². The summed E-state index contributed by atoms with van der Waals surface area (Å²) >= 11 is 6.04. The first-order valence-electron chi connectivity index (χ1n) is 8.93. The van der Waals surface area contributed by atoms with Crippen molar-refractivity contribution >= 4 is 23.3 Å². The standard InChI is InChI=1S/C18H20ClF3N4O2/c1-12(15-3-2-8-28-15)24-16(27)11-25-4-6-26(7-5-25)17-14(19)9-13(10-23-17)18(20,21)22/h2-3,8-10,12H,4-7,11H2,1H3,(H,24,27)/p+2/t12-/m1/s1. The lowest BCUT2D eigenvalue weighted by Gasteiger charge is -2.28. The van der Waals surface area contributed by atoms with E-state index in [2.05, 4.69) is 10.3 Å². The largest absolute Gasteiger partial charge is 0.467 e. The molecule has 1 aliphatic rings. The summed E-state index contributed by atoms with van der Waals surface area (Å²) in [5, 5.41) is 2.93. The van der Waals surface area contributed by atoms with Gasteiger partial charge >= 0.3 is 6.18 Å². The Morgan fingerprint density at radius 3 is 2.71 bits per heavy atom. The van der Waals surface area contributed by atoms with Gasteiger partial charge in [0.15, 0.2) is 6.54 Å². The van der Waals surface area contributed by atoms with E-state index in [1.54, 1.807) is 18.4 Å². The van der Waals surface area contributed by atoms with Crippen molar-refractivity contribution in [3.8, 4) is 0 Å². The fourth-order valence-corrected chi connectivity index (χ4v) is 3.51. The number of H-pyrrole nitrogens is 1. The Labute approximate surface area is 165 Å². The molecule has 3 N–H and O–H groups in total. The molecular formula is C18H22ClF3N4O2+2. The molecule has 6 nitrogen and oxygen atoms in total. The number of aromatic amines is 1. The van der Waals surface area contributed by atoms with Crippen LogP contribution in [0.1, 0.15) is 24.3 Å². The molecule has 152 valence electrons. The first kappa shape index (κ1) is 20.5. The maximum Gasteiger partial charge on any atom is 0.419 e. The number of nitrogens with zero attached hydrogens (tertiary/aromatic N) is 1. The van der Waals surface area contributed by atoms with Crippen molar-refractivity contribution in [3.63, 3.8) is 0 Å². The smallest absolute Gasteiger partial charge is 0.419 e. The van der Waals surface area contributed by atoms with Gasteiger partial charge in [0.2, 0.25) is 0 Å². The highest BCUT2D eigenvalue weighted by Gasteiger charge is 2.35. The summed E-state index contributed by atoms with van der Waals surface area (Å²) in [7, 11) is 0. The average molecular weight is 419 g/mol. The molecule has 28 heavy (non-hydrogen) atoms. The van der Waals surface area contributed by atoms with E-state index in [0.717, 1.165) is 17.2 Å². The molecule has 1 fully saturated rings. The number of nitrogens with one attached hydrogen (secondary N) is 3. The number of piperazine rings is 1. The van der Waals surface area contributed by atoms with Crippen molar-refractivity contribution in [2.45, 2.75) is 19.1 Å². The van der Waals surface area contributed by atoms with E-state index >= 15 is 0 Å². The van der Waals surface area contributed by atoms with Crippen molar-refractivity contribution < 1.29 is 32.3 Å². The Hall–Kier alpha value is -2.26. The van der Waals surface area contributed by atoms with E-state index in [-0.39, 0.29) is 17.0 Å². The molecule has 0 bridgehead atoms. The van der Waals surface area contributed by atoms with Crippen LogP contribution in [0.15, 0.2) is 35.1 Å². The lowest BCUT2D eigenvalue weighted by molar-refractivity contribution is -0.892. The fourth-order valence-electron chi connectivity index (χ4n) is 3.22. The van der Waals surface area contributed by atoms with Crippen LogP contribution in [-0.4, -0.2) is 38.6 Å².